The molecule has 2 aromatic carbocycles. The number of rotatable bonds is 4. The van der Waals surface area contributed by atoms with Gasteiger partial charge in [0.2, 0.25) is 11.9 Å². The molecule has 12 heteroatoms. The fourth-order valence-electron chi connectivity index (χ4n) is 6.18. The number of nitrogens with zero attached hydrogens (tertiary/aromatic N) is 4. The molecule has 0 amide bonds. The van der Waals surface area contributed by atoms with Crippen molar-refractivity contribution in [2.75, 3.05) is 16.8 Å². The van der Waals surface area contributed by atoms with E-state index < -0.39 is 0 Å². The Morgan fingerprint density at radius 3 is 1.83 bits per heavy atom. The van der Waals surface area contributed by atoms with Crippen molar-refractivity contribution in [2.24, 2.45) is 23.2 Å². The highest BCUT2D eigenvalue weighted by molar-refractivity contribution is 6.44. The van der Waals surface area contributed by atoms with E-state index in [-0.39, 0.29) is 17.0 Å². The van der Waals surface area contributed by atoms with E-state index >= 15 is 0 Å². The predicted octanol–water partition coefficient (Wildman–Crippen LogP) is 9.20. The van der Waals surface area contributed by atoms with Crippen LogP contribution in [0.4, 0.5) is 17.7 Å². The van der Waals surface area contributed by atoms with Crippen molar-refractivity contribution in [3.63, 3.8) is 0 Å². The van der Waals surface area contributed by atoms with Crippen LogP contribution in [0.3, 0.4) is 0 Å². The number of hydrogen-bond acceptors (Lipinski definition) is 7. The Balaban J connectivity index is 0.000000189. The second-order valence-electron chi connectivity index (χ2n) is 11.3. The van der Waals surface area contributed by atoms with Crippen LogP contribution in [0.15, 0.2) is 48.5 Å². The number of aromatic nitrogens is 4. The summed E-state index contributed by atoms with van der Waals surface area (Å²) in [6.45, 7) is 7.15. The van der Waals surface area contributed by atoms with E-state index in [4.69, 9.17) is 69.5 Å². The van der Waals surface area contributed by atoms with Crippen LogP contribution in [0.25, 0.3) is 22.5 Å². The molecular weight excluding hydrogens is 636 g/mol. The van der Waals surface area contributed by atoms with Gasteiger partial charge in [0.05, 0.1) is 31.5 Å². The fourth-order valence-corrected chi connectivity index (χ4v) is 7.17. The van der Waals surface area contributed by atoms with Gasteiger partial charge >= 0.3 is 0 Å². The molecule has 3 aliphatic carbocycles. The van der Waals surface area contributed by atoms with Crippen molar-refractivity contribution >= 4 is 75.7 Å². The van der Waals surface area contributed by atoms with E-state index in [1.54, 1.807) is 30.3 Å². The van der Waals surface area contributed by atoms with Gasteiger partial charge in [-0.1, -0.05) is 103 Å². The minimum absolute atomic E-state index is 0.0959. The molecule has 7 nitrogen and oxygen atoms in total. The van der Waals surface area contributed by atoms with Crippen molar-refractivity contribution in [2.45, 2.75) is 39.7 Å². The van der Waals surface area contributed by atoms with Gasteiger partial charge in [-0.05, 0) is 48.1 Å². The Morgan fingerprint density at radius 1 is 0.762 bits per heavy atom. The van der Waals surface area contributed by atoms with Crippen LogP contribution in [0.5, 0.6) is 0 Å². The lowest BCUT2D eigenvalue weighted by Crippen LogP contribution is -2.58. The SMILES string of the molecule is C[C@@H]1[C@H]2C[C@@H](C[C@H]1Nc1cc(-c3cccc(Cl)c3Cl)nc(N)n1)C2(C)C.Nc1nc(Cl)cc(-c2cccc(Cl)c2Cl)n1. The number of nitrogens with one attached hydrogen (secondary N) is 1. The highest BCUT2D eigenvalue weighted by Crippen LogP contribution is 2.61. The summed E-state index contributed by atoms with van der Waals surface area (Å²) < 4.78 is 0. The van der Waals surface area contributed by atoms with E-state index in [1.807, 2.05) is 18.2 Å². The van der Waals surface area contributed by atoms with Crippen molar-refractivity contribution in [1.82, 2.24) is 19.9 Å². The topological polar surface area (TPSA) is 116 Å². The molecular formula is C30H30Cl5N7. The zero-order valence-electron chi connectivity index (χ0n) is 23.2. The standard InChI is InChI=1S/C20H24Cl2N4.C10H6Cl3N3/c1-10-13-7-11(20(13,2)3)8-15(10)24-17-9-16(25-19(23)26-17)12-5-4-6-14(21)18(12)22;11-6-3-1-2-5(9(6)13)7-4-8(12)16-10(14)15-7/h4-6,9-11,13,15H,7-8H2,1-3H3,(H3,23,24,25,26);1-4H,(H2,14,15,16)/t10-,11+,13-,15-;/m1./s1. The van der Waals surface area contributed by atoms with Gasteiger partial charge in [0.25, 0.3) is 0 Å². The van der Waals surface area contributed by atoms with Gasteiger partial charge in [0.1, 0.15) is 11.0 Å². The minimum atomic E-state index is 0.0959. The second kappa shape index (κ2) is 12.2. The van der Waals surface area contributed by atoms with Crippen LogP contribution in [0.1, 0.15) is 33.6 Å². The third-order valence-electron chi connectivity index (χ3n) is 8.60. The van der Waals surface area contributed by atoms with Gasteiger partial charge in [0.15, 0.2) is 0 Å². The first-order chi connectivity index (χ1) is 19.8. The molecule has 0 unspecified atom stereocenters. The molecule has 0 radical (unpaired) electrons. The summed E-state index contributed by atoms with van der Waals surface area (Å²) in [5.74, 6) is 3.22. The first-order valence-electron chi connectivity index (χ1n) is 13.4. The summed E-state index contributed by atoms with van der Waals surface area (Å²) in [4.78, 5) is 16.6. The van der Waals surface area contributed by atoms with Crippen LogP contribution < -0.4 is 16.8 Å². The average molecular weight is 666 g/mol. The maximum atomic E-state index is 6.35. The molecule has 220 valence electrons. The molecule has 3 saturated carbocycles. The third kappa shape index (κ3) is 6.22. The fraction of sp³-hybridized carbons (Fsp3) is 0.333. The van der Waals surface area contributed by atoms with Gasteiger partial charge < -0.3 is 16.8 Å². The highest BCUT2D eigenvalue weighted by atomic mass is 35.5. The van der Waals surface area contributed by atoms with Crippen molar-refractivity contribution in [3.8, 4) is 22.5 Å². The zero-order chi connectivity index (χ0) is 30.3. The number of anilines is 3. The molecule has 2 heterocycles. The van der Waals surface area contributed by atoms with Crippen LogP contribution in [-0.4, -0.2) is 26.0 Å². The quantitative estimate of drug-likeness (QED) is 0.186. The van der Waals surface area contributed by atoms with Gasteiger partial charge in [-0.3, -0.25) is 0 Å². The monoisotopic (exact) mass is 663 g/mol. The van der Waals surface area contributed by atoms with Crippen LogP contribution >= 0.6 is 58.0 Å². The molecule has 4 aromatic rings. The molecule has 3 fully saturated rings. The van der Waals surface area contributed by atoms with Crippen LogP contribution in [-0.2, 0) is 0 Å². The number of nitrogens with two attached hydrogens (primary N) is 2. The number of halogens is 5. The van der Waals surface area contributed by atoms with E-state index in [0.717, 1.165) is 23.2 Å². The highest BCUT2D eigenvalue weighted by Gasteiger charge is 2.56. The maximum absolute atomic E-state index is 6.35. The van der Waals surface area contributed by atoms with E-state index in [9.17, 15) is 0 Å². The summed E-state index contributed by atoms with van der Waals surface area (Å²) in [6, 6.07) is 14.6. The molecule has 0 spiro atoms. The number of hydrogen-bond donors (Lipinski definition) is 3. The second-order valence-corrected chi connectivity index (χ2v) is 13.3. The molecule has 0 saturated heterocycles. The zero-order valence-corrected chi connectivity index (χ0v) is 27.0. The number of nitrogen functional groups attached to an aromatic ring is 2. The lowest BCUT2D eigenvalue weighted by Gasteiger charge is -2.62. The van der Waals surface area contributed by atoms with Gasteiger partial charge in [-0.25, -0.2) is 15.0 Å². The Bertz CT molecular complexity index is 1610. The Hall–Kier alpha value is -2.55. The minimum Gasteiger partial charge on any atom is -0.368 e. The lowest BCUT2D eigenvalue weighted by molar-refractivity contribution is -0.105. The lowest BCUT2D eigenvalue weighted by atomic mass is 9.45. The molecule has 4 atom stereocenters. The van der Waals surface area contributed by atoms with E-state index in [0.29, 0.717) is 54.4 Å². The third-order valence-corrected chi connectivity index (χ3v) is 10.4. The predicted molar refractivity (Wildman–Crippen MR) is 175 cm³/mol. The van der Waals surface area contributed by atoms with Crippen molar-refractivity contribution in [3.05, 3.63) is 73.8 Å². The van der Waals surface area contributed by atoms with Gasteiger partial charge in [0, 0.05) is 29.3 Å². The Kier molecular flexibility index (Phi) is 8.98. The first kappa shape index (κ1) is 30.9. The Labute approximate surface area is 270 Å². The van der Waals surface area contributed by atoms with E-state index in [1.165, 1.54) is 12.8 Å². The molecule has 2 bridgehead atoms. The summed E-state index contributed by atoms with van der Waals surface area (Å²) in [5, 5.41) is 5.71. The summed E-state index contributed by atoms with van der Waals surface area (Å²) >= 11 is 30.2. The summed E-state index contributed by atoms with van der Waals surface area (Å²) in [7, 11) is 0. The number of fused-ring (bicyclic) bond motifs is 2. The molecule has 0 aliphatic heterocycles. The average Bonchev–Trinajstić information content (AvgIpc) is 2.92. The van der Waals surface area contributed by atoms with Crippen LogP contribution in [0.2, 0.25) is 25.2 Å². The van der Waals surface area contributed by atoms with Gasteiger partial charge in [-0.2, -0.15) is 4.98 Å². The molecule has 2 aromatic heterocycles. The summed E-state index contributed by atoms with van der Waals surface area (Å²) in [5.41, 5.74) is 14.6. The van der Waals surface area contributed by atoms with Crippen molar-refractivity contribution in [1.29, 1.82) is 0 Å². The van der Waals surface area contributed by atoms with Crippen molar-refractivity contribution < 1.29 is 0 Å². The molecule has 3 aliphatic rings. The molecule has 7 rings (SSSR count). The van der Waals surface area contributed by atoms with Crippen LogP contribution in [0, 0.1) is 23.2 Å². The largest absolute Gasteiger partial charge is 0.368 e. The number of benzene rings is 2. The smallest absolute Gasteiger partial charge is 0.222 e. The summed E-state index contributed by atoms with van der Waals surface area (Å²) in [6.07, 6.45) is 2.52. The molecule has 42 heavy (non-hydrogen) atoms. The van der Waals surface area contributed by atoms with Gasteiger partial charge in [-0.15, -0.1) is 0 Å². The Morgan fingerprint density at radius 2 is 1.31 bits per heavy atom. The molecule has 5 N–H and O–H groups in total. The first-order valence-corrected chi connectivity index (χ1v) is 15.3. The maximum Gasteiger partial charge on any atom is 0.222 e. The van der Waals surface area contributed by atoms with E-state index in [2.05, 4.69) is 46.0 Å². The normalized spacial score (nSPS) is 22.0.